The topological polar surface area (TPSA) is 228 Å². The smallest absolute Gasteiger partial charge is 0.408 e. The molecule has 2 heterocycles. The number of aliphatic imine (C=N–C) groups is 1. The largest absolute Gasteiger partial charge is 0.459 e. The Morgan fingerprint density at radius 1 is 1.06 bits per heavy atom. The van der Waals surface area contributed by atoms with Gasteiger partial charge in [0.1, 0.15) is 30.3 Å². The minimum Gasteiger partial charge on any atom is -0.459 e. The Morgan fingerprint density at radius 3 is 2.38 bits per heavy atom. The number of hydrazine groups is 1. The molecule has 0 unspecified atom stereocenters. The van der Waals surface area contributed by atoms with Crippen LogP contribution in [0.3, 0.4) is 0 Å². The van der Waals surface area contributed by atoms with Crippen molar-refractivity contribution in [2.75, 3.05) is 26.2 Å². The number of nitrogens with zero attached hydrogens (tertiary/aromatic N) is 4. The SMILES string of the molecule is CC(C)(C)OC(=O)N[C@@H](CCCN=C(N)N[N+](=O)[O-])C(=O)N1CCC[C@H]1C(=O)NCC(=O)N1CCC[C@H]1C(=O)OCc1ccccc1. The van der Waals surface area contributed by atoms with Gasteiger partial charge in [-0.25, -0.2) is 24.7 Å². The Morgan fingerprint density at radius 2 is 1.72 bits per heavy atom. The maximum atomic E-state index is 13.7. The van der Waals surface area contributed by atoms with E-state index in [1.54, 1.807) is 26.2 Å². The molecule has 0 aliphatic carbocycles. The lowest BCUT2D eigenvalue weighted by molar-refractivity contribution is -0.525. The molecule has 3 rings (SSSR count). The predicted octanol–water partition coefficient (Wildman–Crippen LogP) is 0.598. The lowest BCUT2D eigenvalue weighted by Gasteiger charge is -2.30. The second-order valence-electron chi connectivity index (χ2n) is 12.2. The van der Waals surface area contributed by atoms with Crippen LogP contribution in [0.5, 0.6) is 0 Å². The van der Waals surface area contributed by atoms with E-state index in [0.29, 0.717) is 32.2 Å². The Balaban J connectivity index is 1.58. The summed E-state index contributed by atoms with van der Waals surface area (Å²) in [6.07, 6.45) is 1.40. The van der Waals surface area contributed by atoms with E-state index in [1.807, 2.05) is 30.3 Å². The van der Waals surface area contributed by atoms with E-state index < -0.39 is 64.5 Å². The van der Waals surface area contributed by atoms with Crippen LogP contribution >= 0.6 is 0 Å². The Labute approximate surface area is 272 Å². The summed E-state index contributed by atoms with van der Waals surface area (Å²) in [6.45, 7) is 5.35. The number of alkyl carbamates (subject to hydrolysis) is 1. The van der Waals surface area contributed by atoms with Crippen molar-refractivity contribution in [2.45, 2.75) is 89.6 Å². The van der Waals surface area contributed by atoms with Crippen molar-refractivity contribution >= 4 is 35.7 Å². The van der Waals surface area contributed by atoms with Crippen LogP contribution in [-0.2, 0) is 35.3 Å². The number of nitrogens with one attached hydrogen (secondary N) is 3. The fraction of sp³-hybridized carbons (Fsp3) is 0.600. The first-order chi connectivity index (χ1) is 22.2. The van der Waals surface area contributed by atoms with Gasteiger partial charge in [-0.3, -0.25) is 14.4 Å². The van der Waals surface area contributed by atoms with Gasteiger partial charge < -0.3 is 35.6 Å². The highest BCUT2D eigenvalue weighted by Gasteiger charge is 2.39. The molecule has 0 radical (unpaired) electrons. The van der Waals surface area contributed by atoms with E-state index in [0.717, 1.165) is 5.56 Å². The number of guanidine groups is 1. The lowest BCUT2D eigenvalue weighted by atomic mass is 10.1. The summed E-state index contributed by atoms with van der Waals surface area (Å²) in [5, 5.41) is 14.8. The molecular weight excluding hydrogens is 616 g/mol. The van der Waals surface area contributed by atoms with Crippen molar-refractivity contribution in [1.29, 1.82) is 0 Å². The van der Waals surface area contributed by atoms with E-state index in [9.17, 15) is 34.1 Å². The molecule has 2 aliphatic heterocycles. The maximum Gasteiger partial charge on any atom is 0.408 e. The quantitative estimate of drug-likeness (QED) is 0.0572. The van der Waals surface area contributed by atoms with Gasteiger partial charge in [-0.15, -0.1) is 0 Å². The van der Waals surface area contributed by atoms with Crippen molar-refractivity contribution in [3.05, 3.63) is 46.0 Å². The zero-order chi connectivity index (χ0) is 34.6. The summed E-state index contributed by atoms with van der Waals surface area (Å²) < 4.78 is 10.7. The van der Waals surface area contributed by atoms with Gasteiger partial charge in [0.15, 0.2) is 5.03 Å². The number of hydrogen-bond acceptors (Lipinski definition) is 10. The van der Waals surface area contributed by atoms with Crippen LogP contribution in [0.25, 0.3) is 0 Å². The van der Waals surface area contributed by atoms with Gasteiger partial charge in [0.05, 0.1) is 6.54 Å². The van der Waals surface area contributed by atoms with Crippen LogP contribution < -0.4 is 21.8 Å². The predicted molar refractivity (Wildman–Crippen MR) is 168 cm³/mol. The molecule has 258 valence electrons. The van der Waals surface area contributed by atoms with E-state index in [2.05, 4.69) is 15.6 Å². The van der Waals surface area contributed by atoms with Crippen LogP contribution in [-0.4, -0.2) is 100 Å². The normalized spacial score (nSPS) is 18.7. The number of esters is 1. The average molecular weight is 661 g/mol. The van der Waals surface area contributed by atoms with Crippen LogP contribution in [0, 0.1) is 10.1 Å². The Bertz CT molecular complexity index is 1320. The summed E-state index contributed by atoms with van der Waals surface area (Å²) in [7, 11) is 0. The Hall–Kier alpha value is -4.96. The minimum atomic E-state index is -1.09. The van der Waals surface area contributed by atoms with E-state index in [-0.39, 0.29) is 39.1 Å². The fourth-order valence-electron chi connectivity index (χ4n) is 5.35. The lowest BCUT2D eigenvalue weighted by Crippen LogP contribution is -2.55. The van der Waals surface area contributed by atoms with Gasteiger partial charge in [-0.2, -0.15) is 0 Å². The second-order valence-corrected chi connectivity index (χ2v) is 12.2. The van der Waals surface area contributed by atoms with Crippen molar-refractivity contribution in [1.82, 2.24) is 25.9 Å². The van der Waals surface area contributed by atoms with Gasteiger partial charge in [-0.1, -0.05) is 35.8 Å². The van der Waals surface area contributed by atoms with E-state index >= 15 is 0 Å². The number of likely N-dealkylation sites (tertiary alicyclic amines) is 2. The molecule has 47 heavy (non-hydrogen) atoms. The van der Waals surface area contributed by atoms with Crippen LogP contribution in [0.1, 0.15) is 64.9 Å². The van der Waals surface area contributed by atoms with Crippen molar-refractivity contribution in [3.63, 3.8) is 0 Å². The number of nitro groups is 1. The van der Waals surface area contributed by atoms with Gasteiger partial charge in [0.25, 0.3) is 5.96 Å². The summed E-state index contributed by atoms with van der Waals surface area (Å²) in [4.78, 5) is 82.4. The zero-order valence-electron chi connectivity index (χ0n) is 26.9. The highest BCUT2D eigenvalue weighted by atomic mass is 16.7. The molecule has 1 aromatic carbocycles. The van der Waals surface area contributed by atoms with E-state index in [4.69, 9.17) is 15.2 Å². The van der Waals surface area contributed by atoms with Crippen LogP contribution in [0.4, 0.5) is 4.79 Å². The number of carbonyl (C=O) groups is 5. The van der Waals surface area contributed by atoms with Crippen molar-refractivity contribution < 1.29 is 38.5 Å². The highest BCUT2D eigenvalue weighted by Crippen LogP contribution is 2.22. The standard InChI is InChI=1S/C30H44N8O9/c1-30(2,3)47-29(43)34-21(12-7-15-32-28(31)35-38(44)45)26(41)37-17-8-13-22(37)25(40)33-18-24(39)36-16-9-14-23(36)27(42)46-19-20-10-5-4-6-11-20/h4-6,10-11,21-23H,7-9,12-19H2,1-3H3,(H,33,40)(H,34,43)(H3,31,32,35)/t21-,22-,23-/m0/s1. The van der Waals surface area contributed by atoms with Crippen LogP contribution in [0.2, 0.25) is 0 Å². The number of hydrogen-bond donors (Lipinski definition) is 4. The molecule has 1 aromatic rings. The molecule has 0 saturated carbocycles. The average Bonchev–Trinajstić information content (AvgIpc) is 3.70. The molecule has 2 fully saturated rings. The zero-order valence-corrected chi connectivity index (χ0v) is 26.9. The molecule has 2 aliphatic rings. The molecule has 3 atom stereocenters. The molecule has 17 nitrogen and oxygen atoms in total. The molecular formula is C30H44N8O9. The molecule has 0 spiro atoms. The van der Waals surface area contributed by atoms with E-state index in [1.165, 1.54) is 9.80 Å². The fourth-order valence-corrected chi connectivity index (χ4v) is 5.35. The number of carbonyl (C=O) groups excluding carboxylic acids is 5. The number of benzene rings is 1. The van der Waals surface area contributed by atoms with Crippen molar-refractivity contribution in [2.24, 2.45) is 10.7 Å². The van der Waals surface area contributed by atoms with Crippen LogP contribution in [0.15, 0.2) is 35.3 Å². The van der Waals surface area contributed by atoms with Crippen molar-refractivity contribution in [3.8, 4) is 0 Å². The molecule has 5 N–H and O–H groups in total. The highest BCUT2D eigenvalue weighted by molar-refractivity contribution is 5.94. The summed E-state index contributed by atoms with van der Waals surface area (Å²) in [6, 6.07) is 6.47. The monoisotopic (exact) mass is 660 g/mol. The van der Waals surface area contributed by atoms with Gasteiger partial charge in [0, 0.05) is 19.6 Å². The molecule has 4 amide bonds. The molecule has 0 aromatic heterocycles. The number of ether oxygens (including phenoxy) is 2. The summed E-state index contributed by atoms with van der Waals surface area (Å²) in [5.74, 6) is -2.42. The minimum absolute atomic E-state index is 0.0236. The first-order valence-corrected chi connectivity index (χ1v) is 15.5. The number of amides is 4. The van der Waals surface area contributed by atoms with Gasteiger partial charge >= 0.3 is 12.1 Å². The third-order valence-electron chi connectivity index (χ3n) is 7.45. The van der Waals surface area contributed by atoms with Gasteiger partial charge in [-0.05, 0) is 64.9 Å². The van der Waals surface area contributed by atoms with Gasteiger partial charge in [0.2, 0.25) is 17.7 Å². The second kappa shape index (κ2) is 17.1. The summed E-state index contributed by atoms with van der Waals surface area (Å²) in [5.41, 5.74) is 7.15. The molecule has 0 bridgehead atoms. The third kappa shape index (κ3) is 11.7. The Kier molecular flexibility index (Phi) is 13.3. The third-order valence-corrected chi connectivity index (χ3v) is 7.45. The first-order valence-electron chi connectivity index (χ1n) is 15.5. The number of nitrogens with two attached hydrogens (primary N) is 1. The summed E-state index contributed by atoms with van der Waals surface area (Å²) >= 11 is 0. The molecule has 17 heteroatoms. The number of rotatable bonds is 13. The maximum absolute atomic E-state index is 13.7. The molecule has 2 saturated heterocycles. The first kappa shape index (κ1) is 36.5.